The predicted octanol–water partition coefficient (Wildman–Crippen LogP) is 23.6. The van der Waals surface area contributed by atoms with Gasteiger partial charge in [-0.15, -0.1) is 0 Å². The summed E-state index contributed by atoms with van der Waals surface area (Å²) in [5.41, 5.74) is 0. The molecule has 2 unspecified atom stereocenters. The number of hydrogen-bond donors (Lipinski definition) is 3. The van der Waals surface area contributed by atoms with Gasteiger partial charge in [0.1, 0.15) is 0 Å². The molecule has 74 heavy (non-hydrogen) atoms. The highest BCUT2D eigenvalue weighted by Gasteiger charge is 2.20. The number of carbonyl (C=O) groups is 1. The fourth-order valence-electron chi connectivity index (χ4n) is 11.5. The number of allylic oxidation sites excluding steroid dienone is 2. The molecule has 0 aromatic rings. The number of aliphatic hydroxyl groups excluding tert-OH is 2. The van der Waals surface area contributed by atoms with E-state index < -0.39 is 12.1 Å². The maximum atomic E-state index is 12.6. The third-order valence-corrected chi connectivity index (χ3v) is 16.8. The number of unbranched alkanes of at least 4 members (excludes halogenated alkanes) is 57. The van der Waals surface area contributed by atoms with Crippen LogP contribution in [-0.2, 0) is 4.79 Å². The van der Waals surface area contributed by atoms with Gasteiger partial charge >= 0.3 is 0 Å². The lowest BCUT2D eigenvalue weighted by molar-refractivity contribution is -0.123. The first kappa shape index (κ1) is 73.1. The van der Waals surface area contributed by atoms with Crippen LogP contribution in [0.1, 0.15) is 412 Å². The van der Waals surface area contributed by atoms with Gasteiger partial charge in [-0.3, -0.25) is 4.79 Å². The minimum Gasteiger partial charge on any atom is -0.394 e. The Labute approximate surface area is 467 Å². The molecular weight excluding hydrogens is 903 g/mol. The normalized spacial score (nSPS) is 12.6. The van der Waals surface area contributed by atoms with Crippen LogP contribution in [0.3, 0.4) is 0 Å². The second-order valence-electron chi connectivity index (χ2n) is 24.3. The zero-order chi connectivity index (χ0) is 53.4. The van der Waals surface area contributed by atoms with Gasteiger partial charge in [0, 0.05) is 6.42 Å². The number of nitrogens with one attached hydrogen (secondary N) is 1. The van der Waals surface area contributed by atoms with Gasteiger partial charge in [-0.2, -0.15) is 0 Å². The molecule has 442 valence electrons. The van der Waals surface area contributed by atoms with E-state index >= 15 is 0 Å². The number of carbonyl (C=O) groups excluding carboxylic acids is 1. The van der Waals surface area contributed by atoms with Crippen molar-refractivity contribution in [3.8, 4) is 0 Å². The molecule has 4 nitrogen and oxygen atoms in total. The number of rotatable bonds is 66. The molecule has 0 spiro atoms. The van der Waals surface area contributed by atoms with Gasteiger partial charge in [0.05, 0.1) is 18.8 Å². The van der Waals surface area contributed by atoms with Crippen LogP contribution < -0.4 is 5.32 Å². The van der Waals surface area contributed by atoms with E-state index in [1.807, 2.05) is 0 Å². The van der Waals surface area contributed by atoms with Gasteiger partial charge in [-0.05, 0) is 38.5 Å². The lowest BCUT2D eigenvalue weighted by Crippen LogP contribution is -2.45. The Morgan fingerprint density at radius 2 is 0.514 bits per heavy atom. The standard InChI is InChI=1S/C70H139NO3/c1-3-5-7-9-11-13-15-17-19-21-23-25-27-29-31-33-34-35-36-38-39-41-43-45-47-49-51-53-55-57-59-61-63-65-69(73)68(67-72)71-70(74)66-64-62-60-58-56-54-52-50-48-46-44-42-40-37-32-30-28-26-24-22-20-18-16-14-12-10-8-6-4-2/h22,24,68-69,72-73H,3-21,23,25-67H2,1-2H3,(H,71,74)/b24-22-. The van der Waals surface area contributed by atoms with Crippen LogP contribution in [0.4, 0.5) is 0 Å². The van der Waals surface area contributed by atoms with Crippen molar-refractivity contribution in [1.29, 1.82) is 0 Å². The number of amides is 1. The van der Waals surface area contributed by atoms with Crippen molar-refractivity contribution < 1.29 is 15.0 Å². The molecule has 0 bridgehead atoms. The summed E-state index contributed by atoms with van der Waals surface area (Å²) in [7, 11) is 0. The average molecular weight is 1040 g/mol. The molecule has 1 amide bonds. The summed E-state index contributed by atoms with van der Waals surface area (Å²) in [6.07, 6.45) is 88.4. The lowest BCUT2D eigenvalue weighted by atomic mass is 10.0. The van der Waals surface area contributed by atoms with Crippen LogP contribution >= 0.6 is 0 Å². The average Bonchev–Trinajstić information content (AvgIpc) is 3.40. The monoisotopic (exact) mass is 1040 g/mol. The molecular formula is C70H139NO3. The summed E-state index contributed by atoms with van der Waals surface area (Å²) in [5, 5.41) is 23.5. The van der Waals surface area contributed by atoms with Crippen LogP contribution in [0.2, 0.25) is 0 Å². The quantitative estimate of drug-likeness (QED) is 0.0420. The third kappa shape index (κ3) is 62.0. The largest absolute Gasteiger partial charge is 0.394 e. The van der Waals surface area contributed by atoms with Crippen molar-refractivity contribution in [2.75, 3.05) is 6.61 Å². The van der Waals surface area contributed by atoms with E-state index in [4.69, 9.17) is 0 Å². The molecule has 0 aromatic heterocycles. The first-order valence-corrected chi connectivity index (χ1v) is 34.9. The molecule has 3 N–H and O–H groups in total. The van der Waals surface area contributed by atoms with Crippen molar-refractivity contribution in [3.63, 3.8) is 0 Å². The Morgan fingerprint density at radius 3 is 0.743 bits per heavy atom. The van der Waals surface area contributed by atoms with Crippen molar-refractivity contribution in [2.45, 2.75) is 424 Å². The molecule has 4 heteroatoms. The smallest absolute Gasteiger partial charge is 0.220 e. The molecule has 0 aliphatic heterocycles. The van der Waals surface area contributed by atoms with Crippen LogP contribution in [0.25, 0.3) is 0 Å². The Hall–Kier alpha value is -0.870. The zero-order valence-corrected chi connectivity index (χ0v) is 51.2. The Morgan fingerprint density at radius 1 is 0.311 bits per heavy atom. The molecule has 0 saturated carbocycles. The van der Waals surface area contributed by atoms with E-state index in [1.54, 1.807) is 0 Å². The van der Waals surface area contributed by atoms with Crippen molar-refractivity contribution in [1.82, 2.24) is 5.32 Å². The van der Waals surface area contributed by atoms with E-state index in [-0.39, 0.29) is 12.5 Å². The van der Waals surface area contributed by atoms with Crippen molar-refractivity contribution in [2.24, 2.45) is 0 Å². The fourth-order valence-corrected chi connectivity index (χ4v) is 11.5. The summed E-state index contributed by atoms with van der Waals surface area (Å²) < 4.78 is 0. The van der Waals surface area contributed by atoms with Gasteiger partial charge in [0.15, 0.2) is 0 Å². The topological polar surface area (TPSA) is 69.6 Å². The van der Waals surface area contributed by atoms with Crippen LogP contribution in [-0.4, -0.2) is 34.9 Å². The lowest BCUT2D eigenvalue weighted by Gasteiger charge is -2.22. The highest BCUT2D eigenvalue weighted by atomic mass is 16.3. The SMILES string of the molecule is CCCCCCCCCC/C=C\CCCCCCCCCCCCCCCCCCCC(=O)NC(CO)C(O)CCCCCCCCCCCCCCCCCCCCCCCCCCCCCCCCCCC. The molecule has 0 aromatic carbocycles. The van der Waals surface area contributed by atoms with Crippen molar-refractivity contribution >= 4 is 5.91 Å². The first-order valence-electron chi connectivity index (χ1n) is 34.9. The minimum atomic E-state index is -0.658. The Kier molecular flexibility index (Phi) is 65.6. The summed E-state index contributed by atoms with van der Waals surface area (Å²) >= 11 is 0. The van der Waals surface area contributed by atoms with Crippen LogP contribution in [0.15, 0.2) is 12.2 Å². The zero-order valence-electron chi connectivity index (χ0n) is 51.2. The van der Waals surface area contributed by atoms with Gasteiger partial charge in [-0.1, -0.05) is 379 Å². The molecule has 0 heterocycles. The van der Waals surface area contributed by atoms with Gasteiger partial charge in [-0.25, -0.2) is 0 Å². The Bertz CT molecular complexity index is 1040. The second kappa shape index (κ2) is 66.4. The van der Waals surface area contributed by atoms with Gasteiger partial charge in [0.2, 0.25) is 5.91 Å². The number of aliphatic hydroxyl groups is 2. The number of hydrogen-bond acceptors (Lipinski definition) is 3. The highest BCUT2D eigenvalue weighted by Crippen LogP contribution is 2.20. The van der Waals surface area contributed by atoms with E-state index in [1.165, 1.54) is 360 Å². The minimum absolute atomic E-state index is 0.0213. The first-order chi connectivity index (χ1) is 36.7. The maximum Gasteiger partial charge on any atom is 0.220 e. The van der Waals surface area contributed by atoms with Gasteiger partial charge in [0.25, 0.3) is 0 Å². The highest BCUT2D eigenvalue weighted by molar-refractivity contribution is 5.76. The molecule has 0 fully saturated rings. The van der Waals surface area contributed by atoms with Crippen LogP contribution in [0, 0.1) is 0 Å². The third-order valence-electron chi connectivity index (χ3n) is 16.8. The predicted molar refractivity (Wildman–Crippen MR) is 332 cm³/mol. The molecule has 2 atom stereocenters. The molecule has 0 aliphatic carbocycles. The summed E-state index contributed by atoms with van der Waals surface area (Å²) in [6, 6.07) is -0.535. The summed E-state index contributed by atoms with van der Waals surface area (Å²) in [5.74, 6) is -0.0213. The molecule has 0 radical (unpaired) electrons. The van der Waals surface area contributed by atoms with E-state index in [0.717, 1.165) is 25.7 Å². The molecule has 0 rings (SSSR count). The Balaban J connectivity index is 3.37. The molecule has 0 saturated heterocycles. The summed E-state index contributed by atoms with van der Waals surface area (Å²) in [4.78, 5) is 12.6. The second-order valence-corrected chi connectivity index (χ2v) is 24.3. The van der Waals surface area contributed by atoms with E-state index in [9.17, 15) is 15.0 Å². The summed E-state index contributed by atoms with van der Waals surface area (Å²) in [6.45, 7) is 4.41. The van der Waals surface area contributed by atoms with E-state index in [0.29, 0.717) is 12.8 Å². The van der Waals surface area contributed by atoms with Gasteiger partial charge < -0.3 is 15.5 Å². The van der Waals surface area contributed by atoms with Crippen molar-refractivity contribution in [3.05, 3.63) is 12.2 Å². The molecule has 0 aliphatic rings. The fraction of sp³-hybridized carbons (Fsp3) is 0.957. The van der Waals surface area contributed by atoms with E-state index in [2.05, 4.69) is 31.3 Å². The van der Waals surface area contributed by atoms with Crippen LogP contribution in [0.5, 0.6) is 0 Å². The maximum absolute atomic E-state index is 12.6.